The SMILES string of the molecule is Cc1ccc(C(=O)CCC(=O)c2ccc(C)s2)cc1.Cc1ccc(C(=O)CCC(=O)c2ccc(Cl)s2)cc1.Cc1ccc(C(=O)CCC(=O)c2ccccc2)s1.Cc1ccc(C(=O)CCC(=O)c2cccs2)cc1.Cc1ccc(C(=O)CCC(=O)c2cccs2)cc1.Cc1csc(C(=O)CCC(=O)c2ccccc2)c1.O=C(CCC(=O)c1ccccc1Cl)c1cccs1.O=C(CCC(=O)c1cccs1)c1ccccc1. The highest BCUT2D eigenvalue weighted by atomic mass is 35.5. The number of aryl methyl sites for hydroxylation is 7. The number of Topliss-reactive ketones (excluding diaryl/α,β-unsaturated/α-hetero) is 16. The van der Waals surface area contributed by atoms with Crippen molar-refractivity contribution in [3.63, 3.8) is 0 Å². The Morgan fingerprint density at radius 1 is 0.186 bits per heavy atom. The van der Waals surface area contributed by atoms with Gasteiger partial charge in [0.2, 0.25) is 0 Å². The van der Waals surface area contributed by atoms with E-state index in [1.807, 2.05) is 269 Å². The largest absolute Gasteiger partial charge is 0.294 e. The molecule has 0 unspecified atom stereocenters. The van der Waals surface area contributed by atoms with E-state index in [1.54, 1.807) is 109 Å². The summed E-state index contributed by atoms with van der Waals surface area (Å²) in [5, 5.41) is 9.84. The maximum atomic E-state index is 11.9. The van der Waals surface area contributed by atoms with Gasteiger partial charge in [-0.1, -0.05) is 270 Å². The number of benzene rings is 8. The molecule has 0 bridgehead atoms. The van der Waals surface area contributed by atoms with Crippen molar-refractivity contribution in [2.75, 3.05) is 0 Å². The first-order valence-electron chi connectivity index (χ1n) is 46.5. The number of thiophene rings is 8. The van der Waals surface area contributed by atoms with Crippen molar-refractivity contribution in [2.45, 2.75) is 151 Å². The van der Waals surface area contributed by atoms with Crippen LogP contribution in [0, 0.1) is 48.5 Å². The van der Waals surface area contributed by atoms with Crippen molar-refractivity contribution in [3.8, 4) is 0 Å². The quantitative estimate of drug-likeness (QED) is 0.0323. The van der Waals surface area contributed by atoms with Crippen molar-refractivity contribution in [1.82, 2.24) is 0 Å². The van der Waals surface area contributed by atoms with E-state index in [-0.39, 0.29) is 195 Å². The molecular weight excluding hydrogens is 2010 g/mol. The Labute approximate surface area is 887 Å². The zero-order valence-corrected chi connectivity index (χ0v) is 89.2. The monoisotopic (exact) mass is 2120 g/mol. The highest BCUT2D eigenvalue weighted by Gasteiger charge is 2.21. The molecule has 145 heavy (non-hydrogen) atoms. The van der Waals surface area contributed by atoms with Crippen molar-refractivity contribution in [1.29, 1.82) is 0 Å². The summed E-state index contributed by atoms with van der Waals surface area (Å²) in [4.78, 5) is 197. The van der Waals surface area contributed by atoms with Gasteiger partial charge in [0.05, 0.1) is 48.4 Å². The molecule has 0 N–H and O–H groups in total. The minimum Gasteiger partial charge on any atom is -0.294 e. The molecule has 0 aliphatic carbocycles. The highest BCUT2D eigenvalue weighted by molar-refractivity contribution is 7.18. The van der Waals surface area contributed by atoms with Gasteiger partial charge in [0.15, 0.2) is 92.5 Å². The second kappa shape index (κ2) is 61.7. The Bertz CT molecular complexity index is 6630. The zero-order chi connectivity index (χ0) is 105. The van der Waals surface area contributed by atoms with Crippen LogP contribution in [0.1, 0.15) is 301 Å². The number of carbonyl (C=O) groups is 16. The molecule has 0 saturated carbocycles. The summed E-state index contributed by atoms with van der Waals surface area (Å²) in [6, 6.07) is 91.2. The van der Waals surface area contributed by atoms with E-state index in [0.717, 1.165) is 66.8 Å². The van der Waals surface area contributed by atoms with Crippen LogP contribution in [0.2, 0.25) is 9.36 Å². The molecule has 0 aliphatic heterocycles. The van der Waals surface area contributed by atoms with Crippen LogP contribution < -0.4 is 0 Å². The molecule has 8 heterocycles. The molecule has 16 rings (SSSR count). The molecule has 8 aromatic heterocycles. The van der Waals surface area contributed by atoms with Gasteiger partial charge in [0.1, 0.15) is 0 Å². The molecule has 0 aliphatic rings. The highest BCUT2D eigenvalue weighted by Crippen LogP contribution is 2.28. The lowest BCUT2D eigenvalue weighted by molar-refractivity contribution is 0.0919. The molecule has 0 saturated heterocycles. The molecule has 0 atom stereocenters. The smallest absolute Gasteiger partial charge is 0.173 e. The number of halogens is 2. The normalized spacial score (nSPS) is 10.3. The number of hydrogen-bond donors (Lipinski definition) is 0. The maximum Gasteiger partial charge on any atom is 0.173 e. The maximum absolute atomic E-state index is 11.9. The molecule has 0 fully saturated rings. The van der Waals surface area contributed by atoms with E-state index in [2.05, 4.69) is 0 Å². The van der Waals surface area contributed by atoms with Gasteiger partial charge in [-0.3, -0.25) is 76.7 Å². The van der Waals surface area contributed by atoms with Gasteiger partial charge in [-0.2, -0.15) is 0 Å². The first-order chi connectivity index (χ1) is 69.7. The third-order valence-electron chi connectivity index (χ3n) is 21.7. The third-order valence-corrected chi connectivity index (χ3v) is 30.1. The van der Waals surface area contributed by atoms with E-state index >= 15 is 0 Å². The standard InChI is InChI=1S/C16H16O2S.C15H13ClO2S.4C15H14O2S.C14H11ClO2S.C14H12O2S/c1-11-3-6-13(7-4-11)14(17)8-9-15(18)16-10-5-12(2)19-16;1-10-2-4-11(5-3-10)12(17)6-7-13(18)14-8-9-15(16)19-14;2*1-11-4-6-12(7-5-11)13(16)8-9-14(17)15-3-2-10-18-15;1-11-7-10-15(18-11)14(17)9-8-13(16)12-5-3-2-4-6-12;1-11-9-15(18-10-11)14(17)8-7-13(16)12-5-3-2-4-6-12;15-11-5-2-1-4-10(11)12(16)7-8-13(17)14-6-3-9-18-14;15-12(11-5-2-1-3-6-11)8-9-13(16)14-7-4-10-17-14/h3-7,10H,8-9H2,1-2H3;2-5,8-9H,6-7H2,1H3;3*2-7,10H,8-9H2,1H3;2-6,9-10H,7-8H2,1H3;1-6,9H,7-8H2;1-7,10H,8-9H2. The number of rotatable bonds is 40. The van der Waals surface area contributed by atoms with E-state index in [9.17, 15) is 76.7 Å². The summed E-state index contributed by atoms with van der Waals surface area (Å²) < 4.78 is 0.591. The fraction of sp³-hybridized carbons (Fsp3) is 0.193. The Balaban J connectivity index is 0.000000185. The molecule has 0 amide bonds. The molecule has 0 spiro atoms. The van der Waals surface area contributed by atoms with Crippen LogP contribution in [0.3, 0.4) is 0 Å². The summed E-state index contributed by atoms with van der Waals surface area (Å²) in [5.74, 6) is 0.337. The van der Waals surface area contributed by atoms with Crippen molar-refractivity contribution >= 4 is 206 Å². The predicted octanol–water partition coefficient (Wildman–Crippen LogP) is 32.2. The van der Waals surface area contributed by atoms with Crippen molar-refractivity contribution < 1.29 is 76.7 Å². The third kappa shape index (κ3) is 41.0. The van der Waals surface area contributed by atoms with Crippen LogP contribution in [0.4, 0.5) is 0 Å². The van der Waals surface area contributed by atoms with Gasteiger partial charge in [-0.05, 0) is 160 Å². The summed E-state index contributed by atoms with van der Waals surface area (Å²) in [6.45, 7) is 13.8. The summed E-state index contributed by atoms with van der Waals surface area (Å²) in [6.07, 6.45) is 4.26. The van der Waals surface area contributed by atoms with E-state index in [0.29, 0.717) is 63.6 Å². The molecule has 0 radical (unpaired) electrons. The first-order valence-corrected chi connectivity index (χ1v) is 54.1. The molecule has 16 nitrogen and oxygen atoms in total. The fourth-order valence-corrected chi connectivity index (χ4v) is 20.0. The van der Waals surface area contributed by atoms with Crippen molar-refractivity contribution in [2.24, 2.45) is 0 Å². The lowest BCUT2D eigenvalue weighted by Crippen LogP contribution is -2.04. The van der Waals surface area contributed by atoms with Gasteiger partial charge in [-0.15, -0.1) is 90.7 Å². The zero-order valence-electron chi connectivity index (χ0n) is 81.1. The van der Waals surface area contributed by atoms with E-state index < -0.39 is 0 Å². The average molecular weight is 2120 g/mol. The Morgan fingerprint density at radius 3 is 0.641 bits per heavy atom. The van der Waals surface area contributed by atoms with Gasteiger partial charge in [0.25, 0.3) is 0 Å². The summed E-state index contributed by atoms with van der Waals surface area (Å²) >= 11 is 23.0. The molecule has 26 heteroatoms. The van der Waals surface area contributed by atoms with Crippen molar-refractivity contribution in [3.05, 3.63) is 461 Å². The van der Waals surface area contributed by atoms with Crippen LogP contribution >= 0.6 is 114 Å². The average Bonchev–Trinajstić information content (AvgIpc) is 1.83. The number of ketones is 16. The lowest BCUT2D eigenvalue weighted by atomic mass is 10.0. The molecular formula is C119H108Cl2O16S8. The van der Waals surface area contributed by atoms with Gasteiger partial charge >= 0.3 is 0 Å². The van der Waals surface area contributed by atoms with Crippen LogP contribution in [0.25, 0.3) is 0 Å². The topological polar surface area (TPSA) is 273 Å². The minimum absolute atomic E-state index is 0.00370. The number of hydrogen-bond acceptors (Lipinski definition) is 24. The van der Waals surface area contributed by atoms with Crippen LogP contribution in [-0.4, -0.2) is 92.5 Å². The lowest BCUT2D eigenvalue weighted by Gasteiger charge is -2.02. The fourth-order valence-electron chi connectivity index (χ4n) is 13.4. The Hall–Kier alpha value is -13.3. The van der Waals surface area contributed by atoms with Crippen LogP contribution in [0.15, 0.2) is 330 Å². The van der Waals surface area contributed by atoms with E-state index in [1.165, 1.54) is 90.7 Å². The van der Waals surface area contributed by atoms with Crippen LogP contribution in [-0.2, 0) is 0 Å². The Morgan fingerprint density at radius 2 is 0.414 bits per heavy atom. The summed E-state index contributed by atoms with van der Waals surface area (Å²) in [7, 11) is 0. The molecule has 742 valence electrons. The van der Waals surface area contributed by atoms with Gasteiger partial charge < -0.3 is 0 Å². The summed E-state index contributed by atoms with van der Waals surface area (Å²) in [5.41, 5.74) is 10.8. The molecule has 16 aromatic rings. The predicted molar refractivity (Wildman–Crippen MR) is 592 cm³/mol. The van der Waals surface area contributed by atoms with Gasteiger partial charge in [0, 0.05) is 157 Å². The first kappa shape index (κ1) is 115. The molecule has 8 aromatic carbocycles. The van der Waals surface area contributed by atoms with E-state index in [4.69, 9.17) is 23.2 Å². The second-order valence-corrected chi connectivity index (χ2v) is 42.5. The van der Waals surface area contributed by atoms with Gasteiger partial charge in [-0.25, -0.2) is 0 Å². The Kier molecular flexibility index (Phi) is 49.0. The van der Waals surface area contributed by atoms with Crippen LogP contribution in [0.5, 0.6) is 0 Å². The minimum atomic E-state index is -0.0921. The number of carbonyl (C=O) groups excluding carboxylic acids is 16. The second-order valence-electron chi connectivity index (χ2n) is 33.1.